The molecule has 0 saturated carbocycles. The van der Waals surface area contributed by atoms with Gasteiger partial charge in [0, 0.05) is 24.9 Å². The largest absolute Gasteiger partial charge is 0.481 e. The van der Waals surface area contributed by atoms with E-state index < -0.39 is 23.7 Å². The molecule has 20 heavy (non-hydrogen) atoms. The van der Waals surface area contributed by atoms with Crippen LogP contribution in [-0.4, -0.2) is 23.0 Å². The highest BCUT2D eigenvalue weighted by molar-refractivity contribution is 5.94. The van der Waals surface area contributed by atoms with Gasteiger partial charge in [0.15, 0.2) is 0 Å². The predicted octanol–water partition coefficient (Wildman–Crippen LogP) is 1.41. The lowest BCUT2D eigenvalue weighted by molar-refractivity contribution is -0.137. The molecule has 1 aromatic rings. The van der Waals surface area contributed by atoms with Crippen LogP contribution in [0, 0.1) is 5.82 Å². The van der Waals surface area contributed by atoms with Gasteiger partial charge in [-0.15, -0.1) is 0 Å². The number of benzene rings is 1. The number of nitrogens with one attached hydrogen (secondary N) is 2. The maximum atomic E-state index is 13.3. The average molecular weight is 282 g/mol. The van der Waals surface area contributed by atoms with Gasteiger partial charge < -0.3 is 10.4 Å². The van der Waals surface area contributed by atoms with Crippen molar-refractivity contribution in [1.82, 2.24) is 10.6 Å². The number of amides is 3. The maximum Gasteiger partial charge on any atom is 0.321 e. The first-order valence-electron chi connectivity index (χ1n) is 6.02. The van der Waals surface area contributed by atoms with Crippen LogP contribution in [-0.2, 0) is 16.1 Å². The molecule has 0 bridgehead atoms. The van der Waals surface area contributed by atoms with Crippen LogP contribution in [0.4, 0.5) is 9.18 Å². The van der Waals surface area contributed by atoms with E-state index in [1.165, 1.54) is 18.2 Å². The molecule has 0 atom stereocenters. The highest BCUT2D eigenvalue weighted by atomic mass is 19.1. The summed E-state index contributed by atoms with van der Waals surface area (Å²) in [5, 5.41) is 12.8. The molecule has 0 heterocycles. The van der Waals surface area contributed by atoms with Gasteiger partial charge in [-0.2, -0.15) is 0 Å². The van der Waals surface area contributed by atoms with Gasteiger partial charge in [-0.1, -0.05) is 18.2 Å². The Bertz CT molecular complexity index is 505. The van der Waals surface area contributed by atoms with Crippen molar-refractivity contribution in [2.45, 2.75) is 25.8 Å². The monoisotopic (exact) mass is 282 g/mol. The number of hydrogen-bond acceptors (Lipinski definition) is 3. The zero-order valence-electron chi connectivity index (χ0n) is 10.7. The van der Waals surface area contributed by atoms with Crippen LogP contribution in [0.1, 0.15) is 24.8 Å². The Morgan fingerprint density at radius 3 is 2.50 bits per heavy atom. The summed E-state index contributed by atoms with van der Waals surface area (Å²) in [7, 11) is 0. The van der Waals surface area contributed by atoms with Crippen LogP contribution in [0.25, 0.3) is 0 Å². The number of carboxylic acids is 1. The van der Waals surface area contributed by atoms with Gasteiger partial charge in [0.2, 0.25) is 5.91 Å². The molecule has 7 heteroatoms. The quantitative estimate of drug-likeness (QED) is 0.735. The van der Waals surface area contributed by atoms with E-state index in [-0.39, 0.29) is 25.8 Å². The third-order valence-electron chi connectivity index (χ3n) is 2.44. The van der Waals surface area contributed by atoms with Crippen molar-refractivity contribution in [3.8, 4) is 0 Å². The van der Waals surface area contributed by atoms with Gasteiger partial charge in [0.1, 0.15) is 5.82 Å². The van der Waals surface area contributed by atoms with E-state index in [2.05, 4.69) is 5.32 Å². The Balaban J connectivity index is 2.28. The van der Waals surface area contributed by atoms with Gasteiger partial charge >= 0.3 is 12.0 Å². The van der Waals surface area contributed by atoms with Crippen LogP contribution < -0.4 is 10.6 Å². The molecule has 3 amide bonds. The molecular formula is C13H15FN2O4. The molecule has 1 rings (SSSR count). The number of urea groups is 1. The van der Waals surface area contributed by atoms with E-state index in [1.807, 2.05) is 5.32 Å². The highest BCUT2D eigenvalue weighted by Gasteiger charge is 2.09. The first-order valence-corrected chi connectivity index (χ1v) is 6.02. The van der Waals surface area contributed by atoms with Crippen LogP contribution in [0.3, 0.4) is 0 Å². The number of aliphatic carboxylic acids is 1. The molecule has 0 aromatic heterocycles. The van der Waals surface area contributed by atoms with Gasteiger partial charge in [-0.3, -0.25) is 14.9 Å². The Morgan fingerprint density at radius 2 is 1.85 bits per heavy atom. The van der Waals surface area contributed by atoms with E-state index in [9.17, 15) is 18.8 Å². The number of imide groups is 1. The van der Waals surface area contributed by atoms with Gasteiger partial charge in [0.25, 0.3) is 0 Å². The van der Waals surface area contributed by atoms with Crippen LogP contribution in [0.5, 0.6) is 0 Å². The molecule has 6 nitrogen and oxygen atoms in total. The number of carbonyl (C=O) groups excluding carboxylic acids is 2. The van der Waals surface area contributed by atoms with Crippen molar-refractivity contribution in [3.63, 3.8) is 0 Å². The SMILES string of the molecule is O=C(O)CCCC(=O)NC(=O)NCc1ccccc1F. The molecule has 0 unspecified atom stereocenters. The second-order valence-electron chi connectivity index (χ2n) is 4.07. The summed E-state index contributed by atoms with van der Waals surface area (Å²) < 4.78 is 13.3. The number of carboxylic acid groups (broad SMARTS) is 1. The maximum absolute atomic E-state index is 13.3. The topological polar surface area (TPSA) is 95.5 Å². The summed E-state index contributed by atoms with van der Waals surface area (Å²) in [6.45, 7) is -0.0408. The molecule has 0 aliphatic rings. The van der Waals surface area contributed by atoms with Crippen molar-refractivity contribution in [2.75, 3.05) is 0 Å². The Labute approximate surface area is 115 Å². The molecule has 0 aliphatic carbocycles. The predicted molar refractivity (Wildman–Crippen MR) is 68.3 cm³/mol. The molecule has 0 radical (unpaired) electrons. The van der Waals surface area contributed by atoms with Crippen molar-refractivity contribution in [3.05, 3.63) is 35.6 Å². The second-order valence-corrected chi connectivity index (χ2v) is 4.07. The smallest absolute Gasteiger partial charge is 0.321 e. The summed E-state index contributed by atoms with van der Waals surface area (Å²) in [6, 6.07) is 5.21. The van der Waals surface area contributed by atoms with Crippen LogP contribution in [0.15, 0.2) is 24.3 Å². The number of rotatable bonds is 6. The number of carbonyl (C=O) groups is 3. The molecule has 1 aromatic carbocycles. The first-order chi connectivity index (χ1) is 9.49. The summed E-state index contributed by atoms with van der Waals surface area (Å²) >= 11 is 0. The minimum absolute atomic E-state index is 0.0408. The lowest BCUT2D eigenvalue weighted by Crippen LogP contribution is -2.39. The summed E-state index contributed by atoms with van der Waals surface area (Å²) in [6.07, 6.45) is -0.0363. The molecule has 0 saturated heterocycles. The molecular weight excluding hydrogens is 267 g/mol. The minimum Gasteiger partial charge on any atom is -0.481 e. The average Bonchev–Trinajstić information content (AvgIpc) is 2.37. The molecule has 0 aliphatic heterocycles. The fourth-order valence-electron chi connectivity index (χ4n) is 1.45. The van der Waals surface area contributed by atoms with E-state index >= 15 is 0 Å². The van der Waals surface area contributed by atoms with E-state index in [0.717, 1.165) is 0 Å². The third kappa shape index (κ3) is 5.94. The lowest BCUT2D eigenvalue weighted by Gasteiger charge is -2.07. The zero-order valence-corrected chi connectivity index (χ0v) is 10.7. The summed E-state index contributed by atoms with van der Waals surface area (Å²) in [5.74, 6) is -2.01. The summed E-state index contributed by atoms with van der Waals surface area (Å²) in [5.41, 5.74) is 0.306. The minimum atomic E-state index is -0.998. The Kier molecular flexibility index (Phi) is 6.15. The number of halogens is 1. The molecule has 0 spiro atoms. The molecule has 3 N–H and O–H groups in total. The van der Waals surface area contributed by atoms with Crippen molar-refractivity contribution in [1.29, 1.82) is 0 Å². The first kappa shape index (κ1) is 15.6. The highest BCUT2D eigenvalue weighted by Crippen LogP contribution is 2.05. The Hall–Kier alpha value is -2.44. The van der Waals surface area contributed by atoms with Crippen molar-refractivity contribution in [2.24, 2.45) is 0 Å². The fourth-order valence-corrected chi connectivity index (χ4v) is 1.45. The normalized spacial score (nSPS) is 9.85. The summed E-state index contributed by atoms with van der Waals surface area (Å²) in [4.78, 5) is 32.9. The van der Waals surface area contributed by atoms with Crippen molar-refractivity contribution >= 4 is 17.9 Å². The van der Waals surface area contributed by atoms with Crippen LogP contribution in [0.2, 0.25) is 0 Å². The van der Waals surface area contributed by atoms with E-state index in [4.69, 9.17) is 5.11 Å². The fraction of sp³-hybridized carbons (Fsp3) is 0.308. The second kappa shape index (κ2) is 7.88. The zero-order chi connectivity index (χ0) is 15.0. The van der Waals surface area contributed by atoms with Gasteiger partial charge in [0.05, 0.1) is 0 Å². The van der Waals surface area contributed by atoms with Gasteiger partial charge in [-0.05, 0) is 12.5 Å². The molecule has 108 valence electrons. The lowest BCUT2D eigenvalue weighted by atomic mass is 10.2. The molecule has 0 fully saturated rings. The van der Waals surface area contributed by atoms with Gasteiger partial charge in [-0.25, -0.2) is 9.18 Å². The van der Waals surface area contributed by atoms with Crippen molar-refractivity contribution < 1.29 is 23.9 Å². The Morgan fingerprint density at radius 1 is 1.15 bits per heavy atom. The number of hydrogen-bond donors (Lipinski definition) is 3. The standard InChI is InChI=1S/C13H15FN2O4/c14-10-5-2-1-4-9(10)8-15-13(20)16-11(17)6-3-7-12(18)19/h1-2,4-5H,3,6-8H2,(H,18,19)(H2,15,16,17,20). The van der Waals surface area contributed by atoms with E-state index in [0.29, 0.717) is 5.56 Å². The van der Waals surface area contributed by atoms with Crippen LogP contribution >= 0.6 is 0 Å². The van der Waals surface area contributed by atoms with E-state index in [1.54, 1.807) is 6.07 Å². The third-order valence-corrected chi connectivity index (χ3v) is 2.44.